The third-order valence-corrected chi connectivity index (χ3v) is 4.95. The fraction of sp³-hybridized carbons (Fsp3) is 0.423. The first-order valence-electron chi connectivity index (χ1n) is 10.5. The molecule has 0 spiro atoms. The zero-order chi connectivity index (χ0) is 22.7. The average Bonchev–Trinajstić information content (AvgIpc) is 2.63. The highest BCUT2D eigenvalue weighted by Crippen LogP contribution is 2.45. The van der Waals surface area contributed by atoms with Gasteiger partial charge in [-0.3, -0.25) is 4.79 Å². The Hall–Kier alpha value is -2.75. The molecule has 0 aliphatic heterocycles. The van der Waals surface area contributed by atoms with Crippen molar-refractivity contribution in [3.05, 3.63) is 58.7 Å². The lowest BCUT2D eigenvalue weighted by Crippen LogP contribution is -2.19. The Morgan fingerprint density at radius 2 is 1.60 bits per heavy atom. The van der Waals surface area contributed by atoms with Gasteiger partial charge in [-0.2, -0.15) is 0 Å². The Labute approximate surface area is 180 Å². The van der Waals surface area contributed by atoms with Crippen LogP contribution in [0.5, 0.6) is 11.5 Å². The molecule has 0 amide bonds. The second-order valence-electron chi connectivity index (χ2n) is 9.73. The van der Waals surface area contributed by atoms with Crippen LogP contribution in [-0.4, -0.2) is 17.5 Å². The number of rotatable bonds is 6. The van der Waals surface area contributed by atoms with Gasteiger partial charge in [0.1, 0.15) is 11.5 Å². The topological polar surface area (TPSA) is 72.5 Å². The normalized spacial score (nSPS) is 12.4. The van der Waals surface area contributed by atoms with Crippen LogP contribution in [-0.2, 0) is 10.8 Å². The fourth-order valence-corrected chi connectivity index (χ4v) is 3.22. The third-order valence-electron chi connectivity index (χ3n) is 4.95. The highest BCUT2D eigenvalue weighted by Gasteiger charge is 2.29. The van der Waals surface area contributed by atoms with Crippen LogP contribution in [0.4, 0.5) is 5.69 Å². The molecule has 30 heavy (non-hydrogen) atoms. The molecule has 4 nitrogen and oxygen atoms in total. The maximum atomic E-state index is 12.7. The number of nitrogen functional groups attached to an aromatic ring is 1. The summed E-state index contributed by atoms with van der Waals surface area (Å²) in [4.78, 5) is 12.7. The Kier molecular flexibility index (Phi) is 7.02. The summed E-state index contributed by atoms with van der Waals surface area (Å²) in [5.41, 5.74) is 8.79. The molecule has 0 heterocycles. The zero-order valence-corrected chi connectivity index (χ0v) is 19.3. The maximum absolute atomic E-state index is 12.7. The van der Waals surface area contributed by atoms with Crippen molar-refractivity contribution in [2.45, 2.75) is 65.7 Å². The molecule has 4 heteroatoms. The maximum Gasteiger partial charge on any atom is 0.185 e. The monoisotopic (exact) mass is 409 g/mol. The summed E-state index contributed by atoms with van der Waals surface area (Å²) < 4.78 is 6.11. The number of benzene rings is 2. The standard InChI is InChI=1S/C26H35NO3/c1-8-15-30-24-19(13-14-22(28)17-9-11-18(27)12-10-17)23(29)20(25(2,3)4)16-21(24)26(5,6)7/h9-14,16,29H,8,15,27H2,1-7H3. The van der Waals surface area contributed by atoms with Crippen LogP contribution in [0.15, 0.2) is 36.4 Å². The highest BCUT2D eigenvalue weighted by atomic mass is 16.5. The van der Waals surface area contributed by atoms with Crippen molar-refractivity contribution in [1.82, 2.24) is 0 Å². The van der Waals surface area contributed by atoms with Gasteiger partial charge >= 0.3 is 0 Å². The van der Waals surface area contributed by atoms with E-state index >= 15 is 0 Å². The lowest BCUT2D eigenvalue weighted by molar-refractivity contribution is 0.104. The van der Waals surface area contributed by atoms with Crippen molar-refractivity contribution < 1.29 is 14.6 Å². The van der Waals surface area contributed by atoms with Gasteiger partial charge in [0.05, 0.1) is 12.2 Å². The van der Waals surface area contributed by atoms with Crippen molar-refractivity contribution in [3.63, 3.8) is 0 Å². The number of aromatic hydroxyl groups is 1. The molecule has 0 bridgehead atoms. The van der Waals surface area contributed by atoms with Crippen molar-refractivity contribution in [1.29, 1.82) is 0 Å². The molecule has 2 aromatic rings. The number of ketones is 1. The largest absolute Gasteiger partial charge is 0.507 e. The molecule has 0 aromatic heterocycles. The predicted molar refractivity (Wildman–Crippen MR) is 126 cm³/mol. The molecule has 0 saturated carbocycles. The van der Waals surface area contributed by atoms with E-state index in [1.54, 1.807) is 30.3 Å². The zero-order valence-electron chi connectivity index (χ0n) is 19.3. The fourth-order valence-electron chi connectivity index (χ4n) is 3.22. The van der Waals surface area contributed by atoms with Crippen LogP contribution in [0.2, 0.25) is 0 Å². The lowest BCUT2D eigenvalue weighted by Gasteiger charge is -2.30. The van der Waals surface area contributed by atoms with Crippen molar-refractivity contribution in [2.75, 3.05) is 12.3 Å². The Bertz CT molecular complexity index is 927. The molecule has 0 saturated heterocycles. The van der Waals surface area contributed by atoms with Crippen molar-refractivity contribution >= 4 is 17.5 Å². The van der Waals surface area contributed by atoms with E-state index in [-0.39, 0.29) is 22.4 Å². The Morgan fingerprint density at radius 3 is 2.10 bits per heavy atom. The van der Waals surface area contributed by atoms with Gasteiger partial charge in [-0.1, -0.05) is 48.5 Å². The summed E-state index contributed by atoms with van der Waals surface area (Å²) in [6.45, 7) is 15.1. The summed E-state index contributed by atoms with van der Waals surface area (Å²) in [6.07, 6.45) is 4.00. The molecule has 0 atom stereocenters. The van der Waals surface area contributed by atoms with Gasteiger partial charge in [-0.15, -0.1) is 0 Å². The van der Waals surface area contributed by atoms with E-state index in [9.17, 15) is 9.90 Å². The van der Waals surface area contributed by atoms with Crippen LogP contribution < -0.4 is 10.5 Å². The SMILES string of the molecule is CCCOc1c(C(C)(C)C)cc(C(C)(C)C)c(O)c1C=CC(=O)c1ccc(N)cc1. The molecule has 3 N–H and O–H groups in total. The van der Waals surface area contributed by atoms with Gasteiger partial charge in [0.25, 0.3) is 0 Å². The minimum atomic E-state index is -0.267. The minimum Gasteiger partial charge on any atom is -0.507 e. The summed E-state index contributed by atoms with van der Waals surface area (Å²) in [5, 5.41) is 11.2. The minimum absolute atomic E-state index is 0.156. The molecule has 0 aliphatic carbocycles. The van der Waals surface area contributed by atoms with E-state index in [1.807, 2.05) is 13.0 Å². The number of nitrogens with two attached hydrogens (primary N) is 1. The molecule has 2 aromatic carbocycles. The highest BCUT2D eigenvalue weighted by molar-refractivity contribution is 6.07. The van der Waals surface area contributed by atoms with Crippen LogP contribution in [0.3, 0.4) is 0 Å². The molecule has 0 radical (unpaired) electrons. The predicted octanol–water partition coefficient (Wildman–Crippen LogP) is 6.25. The van der Waals surface area contributed by atoms with E-state index in [4.69, 9.17) is 10.5 Å². The Balaban J connectivity index is 2.67. The number of hydrogen-bond donors (Lipinski definition) is 2. The van der Waals surface area contributed by atoms with Crippen molar-refractivity contribution in [3.8, 4) is 11.5 Å². The quantitative estimate of drug-likeness (QED) is 0.336. The third kappa shape index (κ3) is 5.44. The molecule has 2 rings (SSSR count). The first-order chi connectivity index (χ1) is 13.9. The lowest BCUT2D eigenvalue weighted by atomic mass is 9.78. The first-order valence-corrected chi connectivity index (χ1v) is 10.5. The number of carbonyl (C=O) groups is 1. The molecular formula is C26H35NO3. The first kappa shape index (κ1) is 23.5. The number of allylic oxidation sites excluding steroid dienone is 1. The molecular weight excluding hydrogens is 374 g/mol. The van der Waals surface area contributed by atoms with Crippen molar-refractivity contribution in [2.24, 2.45) is 0 Å². The van der Waals surface area contributed by atoms with Gasteiger partial charge in [-0.05, 0) is 59.7 Å². The summed E-state index contributed by atoms with van der Waals surface area (Å²) in [7, 11) is 0. The number of carbonyl (C=O) groups excluding carboxylic acids is 1. The van der Waals surface area contributed by atoms with E-state index in [0.717, 1.165) is 17.5 Å². The van der Waals surface area contributed by atoms with Crippen LogP contribution in [0, 0.1) is 0 Å². The second-order valence-corrected chi connectivity index (χ2v) is 9.73. The molecule has 162 valence electrons. The van der Waals surface area contributed by atoms with E-state index in [0.29, 0.717) is 29.2 Å². The molecule has 0 fully saturated rings. The van der Waals surface area contributed by atoms with E-state index in [1.165, 1.54) is 6.08 Å². The van der Waals surface area contributed by atoms with Gasteiger partial charge in [-0.25, -0.2) is 0 Å². The van der Waals surface area contributed by atoms with Gasteiger partial charge in [0, 0.05) is 22.4 Å². The van der Waals surface area contributed by atoms with Crippen LogP contribution >= 0.6 is 0 Å². The summed E-state index contributed by atoms with van der Waals surface area (Å²) >= 11 is 0. The number of hydrogen-bond acceptors (Lipinski definition) is 4. The van der Waals surface area contributed by atoms with E-state index < -0.39 is 0 Å². The van der Waals surface area contributed by atoms with Crippen LogP contribution in [0.1, 0.15) is 81.9 Å². The number of phenolic OH excluding ortho intramolecular Hbond substituents is 1. The summed E-state index contributed by atoms with van der Waals surface area (Å²) in [6, 6.07) is 8.84. The van der Waals surface area contributed by atoms with Gasteiger partial charge in [0.2, 0.25) is 0 Å². The summed E-state index contributed by atoms with van der Waals surface area (Å²) in [5.74, 6) is 0.633. The number of phenols is 1. The number of ether oxygens (including phenoxy) is 1. The van der Waals surface area contributed by atoms with Crippen LogP contribution in [0.25, 0.3) is 6.08 Å². The average molecular weight is 410 g/mol. The molecule has 0 aliphatic rings. The Morgan fingerprint density at radius 1 is 1.03 bits per heavy atom. The smallest absolute Gasteiger partial charge is 0.185 e. The number of anilines is 1. The van der Waals surface area contributed by atoms with E-state index in [2.05, 4.69) is 41.5 Å². The second kappa shape index (κ2) is 8.95. The van der Waals surface area contributed by atoms with Gasteiger partial charge in [0.15, 0.2) is 5.78 Å². The molecule has 0 unspecified atom stereocenters. The van der Waals surface area contributed by atoms with Gasteiger partial charge < -0.3 is 15.6 Å².